The largest absolute Gasteiger partial charge is 0.573 e. The van der Waals surface area contributed by atoms with Crippen LogP contribution in [0.4, 0.5) is 18.0 Å². The lowest BCUT2D eigenvalue weighted by Gasteiger charge is -2.10. The zero-order valence-corrected chi connectivity index (χ0v) is 9.28. The number of benzene rings is 1. The zero-order valence-electron chi connectivity index (χ0n) is 9.28. The molecule has 0 aromatic heterocycles. The first-order valence-corrected chi connectivity index (χ1v) is 4.73. The molecular weight excluding hydrogens is 251 g/mol. The van der Waals surface area contributed by atoms with Crippen molar-refractivity contribution >= 4 is 12.2 Å². The van der Waals surface area contributed by atoms with E-state index in [1.54, 1.807) is 6.92 Å². The summed E-state index contributed by atoms with van der Waals surface area (Å²) >= 11 is 0. The van der Waals surface area contributed by atoms with Crippen LogP contribution < -0.4 is 15.9 Å². The number of amides is 2. The number of carbonyl (C=O) groups excluding carboxylic acids is 1. The third kappa shape index (κ3) is 4.73. The molecule has 1 aromatic carbocycles. The molecule has 0 aliphatic carbocycles. The second kappa shape index (κ2) is 5.39. The van der Waals surface area contributed by atoms with Gasteiger partial charge in [-0.15, -0.1) is 13.2 Å². The summed E-state index contributed by atoms with van der Waals surface area (Å²) in [5, 5.41) is 3.45. The van der Waals surface area contributed by atoms with Gasteiger partial charge < -0.3 is 10.5 Å². The van der Waals surface area contributed by atoms with Crippen molar-refractivity contribution in [2.45, 2.75) is 13.3 Å². The lowest BCUT2D eigenvalue weighted by atomic mass is 10.1. The molecule has 0 bridgehead atoms. The van der Waals surface area contributed by atoms with E-state index in [1.807, 2.05) is 5.43 Å². The van der Waals surface area contributed by atoms with Crippen molar-refractivity contribution in [3.05, 3.63) is 29.3 Å². The molecule has 0 atom stereocenters. The van der Waals surface area contributed by atoms with Gasteiger partial charge in [-0.05, 0) is 24.6 Å². The molecule has 0 aliphatic rings. The minimum Gasteiger partial charge on any atom is -0.406 e. The minimum atomic E-state index is -4.75. The summed E-state index contributed by atoms with van der Waals surface area (Å²) in [6, 6.07) is 2.90. The van der Waals surface area contributed by atoms with Crippen LogP contribution in [-0.4, -0.2) is 18.6 Å². The number of aryl methyl sites for hydroxylation is 1. The molecule has 1 rings (SSSR count). The molecule has 0 radical (unpaired) electrons. The number of nitrogens with one attached hydrogen (secondary N) is 1. The first-order chi connectivity index (χ1) is 8.28. The normalized spacial score (nSPS) is 11.6. The Labute approximate surface area is 100 Å². The fourth-order valence-electron chi connectivity index (χ4n) is 1.12. The molecule has 0 spiro atoms. The van der Waals surface area contributed by atoms with Gasteiger partial charge in [-0.1, -0.05) is 6.07 Å². The monoisotopic (exact) mass is 261 g/mol. The number of hydrogen-bond acceptors (Lipinski definition) is 3. The van der Waals surface area contributed by atoms with E-state index in [0.717, 1.165) is 6.07 Å². The van der Waals surface area contributed by atoms with Gasteiger partial charge in [0.1, 0.15) is 5.75 Å². The number of urea groups is 1. The quantitative estimate of drug-likeness (QED) is 0.644. The number of halogens is 3. The summed E-state index contributed by atoms with van der Waals surface area (Å²) in [5.74, 6) is -0.367. The third-order valence-corrected chi connectivity index (χ3v) is 1.86. The van der Waals surface area contributed by atoms with Gasteiger partial charge in [-0.3, -0.25) is 0 Å². The molecule has 8 heteroatoms. The van der Waals surface area contributed by atoms with Crippen LogP contribution in [0, 0.1) is 6.92 Å². The average molecular weight is 261 g/mol. The van der Waals surface area contributed by atoms with Crippen LogP contribution in [0.25, 0.3) is 0 Å². The molecule has 0 fully saturated rings. The highest BCUT2D eigenvalue weighted by molar-refractivity contribution is 5.83. The van der Waals surface area contributed by atoms with E-state index in [-0.39, 0.29) is 5.75 Å². The van der Waals surface area contributed by atoms with E-state index >= 15 is 0 Å². The number of hydrazone groups is 1. The second-order valence-electron chi connectivity index (χ2n) is 3.30. The summed E-state index contributed by atoms with van der Waals surface area (Å²) in [7, 11) is 0. The average Bonchev–Trinajstić information content (AvgIpc) is 2.20. The topological polar surface area (TPSA) is 76.7 Å². The van der Waals surface area contributed by atoms with E-state index in [1.165, 1.54) is 18.3 Å². The molecule has 98 valence electrons. The Hall–Kier alpha value is -2.25. The molecule has 0 saturated heterocycles. The first-order valence-electron chi connectivity index (χ1n) is 4.73. The van der Waals surface area contributed by atoms with Gasteiger partial charge in [0.15, 0.2) is 0 Å². The van der Waals surface area contributed by atoms with Crippen LogP contribution in [0.2, 0.25) is 0 Å². The Morgan fingerprint density at radius 3 is 2.72 bits per heavy atom. The minimum absolute atomic E-state index is 0.366. The van der Waals surface area contributed by atoms with Gasteiger partial charge in [-0.25, -0.2) is 10.2 Å². The molecular formula is C10H10F3N3O2. The fourth-order valence-corrected chi connectivity index (χ4v) is 1.12. The zero-order chi connectivity index (χ0) is 13.8. The second-order valence-corrected chi connectivity index (χ2v) is 3.30. The Bertz CT molecular complexity index is 472. The maximum absolute atomic E-state index is 12.0. The van der Waals surface area contributed by atoms with Gasteiger partial charge in [0.2, 0.25) is 0 Å². The molecule has 1 aromatic rings. The van der Waals surface area contributed by atoms with Crippen LogP contribution in [0.1, 0.15) is 11.1 Å². The van der Waals surface area contributed by atoms with E-state index in [4.69, 9.17) is 5.73 Å². The van der Waals surface area contributed by atoms with Gasteiger partial charge in [0, 0.05) is 5.56 Å². The molecule has 0 aliphatic heterocycles. The van der Waals surface area contributed by atoms with Crippen LogP contribution in [-0.2, 0) is 0 Å². The number of rotatable bonds is 3. The third-order valence-electron chi connectivity index (χ3n) is 1.86. The smallest absolute Gasteiger partial charge is 0.406 e. The van der Waals surface area contributed by atoms with Crippen molar-refractivity contribution in [2.24, 2.45) is 10.8 Å². The van der Waals surface area contributed by atoms with Crippen molar-refractivity contribution in [1.82, 2.24) is 5.43 Å². The number of nitrogens with zero attached hydrogens (tertiary/aromatic N) is 1. The first kappa shape index (κ1) is 13.8. The van der Waals surface area contributed by atoms with E-state index in [9.17, 15) is 18.0 Å². The van der Waals surface area contributed by atoms with Crippen molar-refractivity contribution in [3.63, 3.8) is 0 Å². The SMILES string of the molecule is Cc1ccc(OC(F)(F)F)cc1C=NNC(N)=O. The lowest BCUT2D eigenvalue weighted by Crippen LogP contribution is -2.24. The Morgan fingerprint density at radius 1 is 1.50 bits per heavy atom. The molecule has 5 nitrogen and oxygen atoms in total. The highest BCUT2D eigenvalue weighted by Gasteiger charge is 2.31. The van der Waals surface area contributed by atoms with Crippen molar-refractivity contribution in [3.8, 4) is 5.75 Å². The summed E-state index contributed by atoms with van der Waals surface area (Å²) < 4.78 is 39.8. The number of hydrogen-bond donors (Lipinski definition) is 2. The predicted molar refractivity (Wildman–Crippen MR) is 58.2 cm³/mol. The fraction of sp³-hybridized carbons (Fsp3) is 0.200. The number of primary amides is 1. The summed E-state index contributed by atoms with van der Waals surface area (Å²) in [6.45, 7) is 1.67. The van der Waals surface area contributed by atoms with Crippen molar-refractivity contribution in [2.75, 3.05) is 0 Å². The van der Waals surface area contributed by atoms with Gasteiger partial charge in [-0.2, -0.15) is 5.10 Å². The highest BCUT2D eigenvalue weighted by Crippen LogP contribution is 2.24. The molecule has 0 unspecified atom stereocenters. The summed E-state index contributed by atoms with van der Waals surface area (Å²) in [4.78, 5) is 10.4. The van der Waals surface area contributed by atoms with Crippen molar-refractivity contribution in [1.29, 1.82) is 0 Å². The van der Waals surface area contributed by atoms with Crippen molar-refractivity contribution < 1.29 is 22.7 Å². The Balaban J connectivity index is 2.88. The maximum Gasteiger partial charge on any atom is 0.573 e. The van der Waals surface area contributed by atoms with E-state index in [2.05, 4.69) is 9.84 Å². The van der Waals surface area contributed by atoms with Gasteiger partial charge in [0.25, 0.3) is 0 Å². The summed E-state index contributed by atoms with van der Waals surface area (Å²) in [6.07, 6.45) is -3.58. The molecule has 3 N–H and O–H groups in total. The van der Waals surface area contributed by atoms with Gasteiger partial charge >= 0.3 is 12.4 Å². The van der Waals surface area contributed by atoms with Crippen LogP contribution in [0.3, 0.4) is 0 Å². The van der Waals surface area contributed by atoms with E-state index < -0.39 is 12.4 Å². The van der Waals surface area contributed by atoms with Crippen LogP contribution >= 0.6 is 0 Å². The number of ether oxygens (including phenoxy) is 1. The molecule has 18 heavy (non-hydrogen) atoms. The van der Waals surface area contributed by atoms with Gasteiger partial charge in [0.05, 0.1) is 6.21 Å². The molecule has 2 amide bonds. The highest BCUT2D eigenvalue weighted by atomic mass is 19.4. The summed E-state index contributed by atoms with van der Waals surface area (Å²) in [5.41, 5.74) is 7.74. The lowest BCUT2D eigenvalue weighted by molar-refractivity contribution is -0.274. The number of carbonyl (C=O) groups is 1. The maximum atomic E-state index is 12.0. The van der Waals surface area contributed by atoms with E-state index in [0.29, 0.717) is 11.1 Å². The number of alkyl halides is 3. The number of nitrogens with two attached hydrogens (primary N) is 1. The standard InChI is InChI=1S/C10H10F3N3O2/c1-6-2-3-8(18-10(11,12)13)4-7(6)5-15-16-9(14)17/h2-5H,1H3,(H3,14,16,17). The van der Waals surface area contributed by atoms with Crippen LogP contribution in [0.5, 0.6) is 5.75 Å². The molecule has 0 saturated carbocycles. The Morgan fingerprint density at radius 2 is 2.17 bits per heavy atom. The van der Waals surface area contributed by atoms with Crippen LogP contribution in [0.15, 0.2) is 23.3 Å². The Kier molecular flexibility index (Phi) is 4.13. The predicted octanol–water partition coefficient (Wildman–Crippen LogP) is 1.90. The molecule has 0 heterocycles.